The van der Waals surface area contributed by atoms with Crippen LogP contribution in [0.25, 0.3) is 0 Å². The summed E-state index contributed by atoms with van der Waals surface area (Å²) >= 11 is 4.11. The lowest BCUT2D eigenvalue weighted by atomic mass is 10.5. The van der Waals surface area contributed by atoms with Crippen LogP contribution in [-0.4, -0.2) is 22.8 Å². The van der Waals surface area contributed by atoms with E-state index in [9.17, 15) is 0 Å². The molecule has 0 aromatic rings. The molecular formula is C4H12OSSi. The summed E-state index contributed by atoms with van der Waals surface area (Å²) in [7, 11) is 2.95. The molecule has 0 saturated heterocycles. The standard InChI is InChI=1S/C4H12OSSi/c1-5-4(6)2-3-7/h4,6H,2-3H2,1,7H3. The van der Waals surface area contributed by atoms with Gasteiger partial charge >= 0.3 is 0 Å². The van der Waals surface area contributed by atoms with Crippen molar-refractivity contribution in [2.24, 2.45) is 0 Å². The lowest BCUT2D eigenvalue weighted by Gasteiger charge is -2.03. The van der Waals surface area contributed by atoms with Crippen molar-refractivity contribution in [1.29, 1.82) is 0 Å². The molecule has 0 aliphatic rings. The Morgan fingerprint density at radius 2 is 2.43 bits per heavy atom. The summed E-state index contributed by atoms with van der Waals surface area (Å²) < 4.78 is 4.88. The highest BCUT2D eigenvalue weighted by Gasteiger charge is 1.93. The second-order valence-electron chi connectivity index (χ2n) is 1.48. The quantitative estimate of drug-likeness (QED) is 0.328. The fraction of sp³-hybridized carbons (Fsp3) is 1.00. The van der Waals surface area contributed by atoms with Crippen LogP contribution in [-0.2, 0) is 4.74 Å². The number of hydrogen-bond donors (Lipinski definition) is 1. The molecule has 0 aromatic carbocycles. The third-order valence-electron chi connectivity index (χ3n) is 0.808. The normalized spacial score (nSPS) is 14.6. The molecule has 0 N–H and O–H groups in total. The first kappa shape index (κ1) is 7.53. The van der Waals surface area contributed by atoms with Gasteiger partial charge in [-0.2, -0.15) is 0 Å². The molecule has 0 fully saturated rings. The van der Waals surface area contributed by atoms with Gasteiger partial charge in [0.25, 0.3) is 0 Å². The van der Waals surface area contributed by atoms with E-state index < -0.39 is 0 Å². The molecule has 0 heterocycles. The summed E-state index contributed by atoms with van der Waals surface area (Å²) in [5, 5.41) is 0. The van der Waals surface area contributed by atoms with Crippen molar-refractivity contribution in [3.63, 3.8) is 0 Å². The van der Waals surface area contributed by atoms with Gasteiger partial charge in [0.2, 0.25) is 0 Å². The Morgan fingerprint density at radius 3 is 2.57 bits per heavy atom. The molecule has 0 spiro atoms. The van der Waals surface area contributed by atoms with Gasteiger partial charge in [0.15, 0.2) is 0 Å². The Morgan fingerprint density at radius 1 is 1.86 bits per heavy atom. The van der Waals surface area contributed by atoms with Crippen molar-refractivity contribution < 1.29 is 4.74 Å². The van der Waals surface area contributed by atoms with Crippen LogP contribution in [0, 0.1) is 0 Å². The molecule has 7 heavy (non-hydrogen) atoms. The molecule has 0 rings (SSSR count). The average molecular weight is 136 g/mol. The van der Waals surface area contributed by atoms with Crippen LogP contribution in [0.1, 0.15) is 6.42 Å². The molecule has 0 amide bonds. The monoisotopic (exact) mass is 136 g/mol. The minimum Gasteiger partial charge on any atom is -0.371 e. The minimum absolute atomic E-state index is 0.178. The summed E-state index contributed by atoms with van der Waals surface area (Å²) in [6, 6.07) is 1.28. The van der Waals surface area contributed by atoms with Gasteiger partial charge in [0, 0.05) is 17.4 Å². The number of methoxy groups -OCH3 is 1. The van der Waals surface area contributed by atoms with Gasteiger partial charge in [-0.05, 0) is 6.42 Å². The third-order valence-corrected chi connectivity index (χ3v) is 1.85. The lowest BCUT2D eigenvalue weighted by molar-refractivity contribution is 0.172. The second kappa shape index (κ2) is 4.68. The predicted molar refractivity (Wildman–Crippen MR) is 39.1 cm³/mol. The van der Waals surface area contributed by atoms with Crippen molar-refractivity contribution in [2.75, 3.05) is 7.11 Å². The van der Waals surface area contributed by atoms with Gasteiger partial charge in [-0.3, -0.25) is 0 Å². The van der Waals surface area contributed by atoms with Crippen LogP contribution >= 0.6 is 12.6 Å². The molecule has 0 aliphatic heterocycles. The third kappa shape index (κ3) is 4.38. The van der Waals surface area contributed by atoms with Gasteiger partial charge in [0.1, 0.15) is 0 Å². The first-order chi connectivity index (χ1) is 3.31. The highest BCUT2D eigenvalue weighted by Crippen LogP contribution is 2.02. The van der Waals surface area contributed by atoms with Crippen LogP contribution in [0.2, 0.25) is 6.04 Å². The van der Waals surface area contributed by atoms with Crippen LogP contribution in [0.4, 0.5) is 0 Å². The van der Waals surface area contributed by atoms with Gasteiger partial charge in [-0.1, -0.05) is 6.04 Å². The molecular weight excluding hydrogens is 124 g/mol. The van der Waals surface area contributed by atoms with Crippen molar-refractivity contribution in [2.45, 2.75) is 17.9 Å². The first-order valence-electron chi connectivity index (χ1n) is 2.52. The smallest absolute Gasteiger partial charge is 0.0992 e. The molecule has 1 unspecified atom stereocenters. The van der Waals surface area contributed by atoms with Crippen LogP contribution in [0.3, 0.4) is 0 Å². The van der Waals surface area contributed by atoms with E-state index in [1.54, 1.807) is 7.11 Å². The maximum Gasteiger partial charge on any atom is 0.0992 e. The van der Waals surface area contributed by atoms with Crippen LogP contribution < -0.4 is 0 Å². The van der Waals surface area contributed by atoms with Crippen LogP contribution in [0.5, 0.6) is 0 Å². The minimum atomic E-state index is 0.178. The summed E-state index contributed by atoms with van der Waals surface area (Å²) in [6.07, 6.45) is 1.10. The maximum atomic E-state index is 4.88. The first-order valence-corrected chi connectivity index (χ1v) is 4.45. The Kier molecular flexibility index (Phi) is 5.03. The molecule has 0 bridgehead atoms. The summed E-state index contributed by atoms with van der Waals surface area (Å²) in [6.45, 7) is 0. The number of hydrogen-bond acceptors (Lipinski definition) is 2. The summed E-state index contributed by atoms with van der Waals surface area (Å²) in [5.41, 5.74) is 0.178. The zero-order chi connectivity index (χ0) is 5.70. The average Bonchev–Trinajstić information content (AvgIpc) is 1.68. The summed E-state index contributed by atoms with van der Waals surface area (Å²) in [5.74, 6) is 0. The van der Waals surface area contributed by atoms with E-state index >= 15 is 0 Å². The number of ether oxygens (including phenoxy) is 1. The van der Waals surface area contributed by atoms with Gasteiger partial charge < -0.3 is 4.74 Å². The van der Waals surface area contributed by atoms with Crippen molar-refractivity contribution >= 4 is 22.9 Å². The van der Waals surface area contributed by atoms with E-state index in [1.165, 1.54) is 16.3 Å². The fourth-order valence-electron chi connectivity index (χ4n) is 0.365. The molecule has 0 aliphatic carbocycles. The van der Waals surface area contributed by atoms with Gasteiger partial charge in [-0.25, -0.2) is 0 Å². The van der Waals surface area contributed by atoms with Gasteiger partial charge in [0.05, 0.1) is 5.44 Å². The van der Waals surface area contributed by atoms with E-state index in [4.69, 9.17) is 4.74 Å². The largest absolute Gasteiger partial charge is 0.371 e. The van der Waals surface area contributed by atoms with Crippen molar-refractivity contribution in [1.82, 2.24) is 0 Å². The second-order valence-corrected chi connectivity index (χ2v) is 3.05. The van der Waals surface area contributed by atoms with E-state index in [2.05, 4.69) is 12.6 Å². The zero-order valence-corrected chi connectivity index (χ0v) is 7.74. The van der Waals surface area contributed by atoms with Crippen molar-refractivity contribution in [3.8, 4) is 0 Å². The molecule has 0 radical (unpaired) electrons. The Labute approximate surface area is 53.3 Å². The molecule has 0 saturated carbocycles. The van der Waals surface area contributed by atoms with Gasteiger partial charge in [-0.15, -0.1) is 12.6 Å². The highest BCUT2D eigenvalue weighted by molar-refractivity contribution is 7.80. The fourth-order valence-corrected chi connectivity index (χ4v) is 1.63. The molecule has 1 nitrogen and oxygen atoms in total. The van der Waals surface area contributed by atoms with E-state index in [0.717, 1.165) is 6.42 Å². The molecule has 1 atom stereocenters. The zero-order valence-electron chi connectivity index (χ0n) is 4.85. The summed E-state index contributed by atoms with van der Waals surface area (Å²) in [4.78, 5) is 0. The lowest BCUT2D eigenvalue weighted by Crippen LogP contribution is -1.99. The maximum absolute atomic E-state index is 4.88. The molecule has 3 heteroatoms. The Bertz CT molecular complexity index is 42.7. The molecule has 44 valence electrons. The SMILES string of the molecule is COC(S)CC[SiH3]. The number of rotatable bonds is 3. The highest BCUT2D eigenvalue weighted by atomic mass is 32.1. The van der Waals surface area contributed by atoms with Crippen molar-refractivity contribution in [3.05, 3.63) is 0 Å². The van der Waals surface area contributed by atoms with Crippen LogP contribution in [0.15, 0.2) is 0 Å². The van der Waals surface area contributed by atoms with E-state index in [0.29, 0.717) is 0 Å². The number of thiol groups is 1. The Balaban J connectivity index is 2.83. The van der Waals surface area contributed by atoms with E-state index in [1.807, 2.05) is 0 Å². The van der Waals surface area contributed by atoms with E-state index in [-0.39, 0.29) is 5.44 Å². The Hall–Kier alpha value is 0.527. The molecule has 0 aromatic heterocycles. The topological polar surface area (TPSA) is 9.23 Å². The predicted octanol–water partition coefficient (Wildman–Crippen LogP) is 0.0625.